The van der Waals surface area contributed by atoms with E-state index in [9.17, 15) is 9.18 Å². The SMILES string of the molecule is COC(=O)c1cc(F)cc2c1OC(CN)C2. The molecule has 2 rings (SSSR count). The highest BCUT2D eigenvalue weighted by molar-refractivity contribution is 5.93. The van der Waals surface area contributed by atoms with E-state index in [0.717, 1.165) is 6.07 Å². The summed E-state index contributed by atoms with van der Waals surface area (Å²) in [7, 11) is 1.25. The lowest BCUT2D eigenvalue weighted by Crippen LogP contribution is -2.24. The maximum atomic E-state index is 13.3. The third-order valence-corrected chi connectivity index (χ3v) is 2.53. The molecule has 0 aliphatic carbocycles. The first-order valence-electron chi connectivity index (χ1n) is 4.93. The Bertz CT molecular complexity index is 433. The molecule has 1 aliphatic heterocycles. The molecule has 0 radical (unpaired) electrons. The summed E-state index contributed by atoms with van der Waals surface area (Å²) in [5.41, 5.74) is 6.26. The van der Waals surface area contributed by atoms with Crippen molar-refractivity contribution >= 4 is 5.97 Å². The molecule has 0 spiro atoms. The van der Waals surface area contributed by atoms with Gasteiger partial charge in [-0.3, -0.25) is 0 Å². The van der Waals surface area contributed by atoms with Crippen LogP contribution >= 0.6 is 0 Å². The second kappa shape index (κ2) is 4.09. The number of carbonyl (C=O) groups excluding carboxylic acids is 1. The normalized spacial score (nSPS) is 17.8. The molecule has 16 heavy (non-hydrogen) atoms. The van der Waals surface area contributed by atoms with Crippen LogP contribution in [-0.2, 0) is 11.2 Å². The molecule has 0 saturated heterocycles. The first-order valence-corrected chi connectivity index (χ1v) is 4.93. The van der Waals surface area contributed by atoms with Crippen molar-refractivity contribution in [3.05, 3.63) is 29.1 Å². The molecule has 2 N–H and O–H groups in total. The lowest BCUT2D eigenvalue weighted by Gasteiger charge is -2.09. The van der Waals surface area contributed by atoms with E-state index in [-0.39, 0.29) is 11.7 Å². The number of fused-ring (bicyclic) bond motifs is 1. The second-order valence-electron chi connectivity index (χ2n) is 3.61. The number of ether oxygens (including phenoxy) is 2. The van der Waals surface area contributed by atoms with Gasteiger partial charge in [-0.15, -0.1) is 0 Å². The third-order valence-electron chi connectivity index (χ3n) is 2.53. The van der Waals surface area contributed by atoms with Gasteiger partial charge in [0.1, 0.15) is 23.2 Å². The number of methoxy groups -OCH3 is 1. The number of esters is 1. The van der Waals surface area contributed by atoms with Crippen molar-refractivity contribution in [2.24, 2.45) is 5.73 Å². The van der Waals surface area contributed by atoms with E-state index >= 15 is 0 Å². The van der Waals surface area contributed by atoms with Crippen LogP contribution in [0, 0.1) is 5.82 Å². The van der Waals surface area contributed by atoms with Crippen LogP contribution in [0.15, 0.2) is 12.1 Å². The van der Waals surface area contributed by atoms with Gasteiger partial charge in [0, 0.05) is 18.5 Å². The summed E-state index contributed by atoms with van der Waals surface area (Å²) in [4.78, 5) is 11.4. The van der Waals surface area contributed by atoms with Crippen molar-refractivity contribution in [1.29, 1.82) is 0 Å². The maximum Gasteiger partial charge on any atom is 0.341 e. The molecule has 1 aliphatic rings. The highest BCUT2D eigenvalue weighted by atomic mass is 19.1. The molecule has 1 heterocycles. The number of carbonyl (C=O) groups is 1. The summed E-state index contributed by atoms with van der Waals surface area (Å²) in [5, 5.41) is 0. The summed E-state index contributed by atoms with van der Waals surface area (Å²) in [6, 6.07) is 2.47. The number of halogens is 1. The Morgan fingerprint density at radius 3 is 3.06 bits per heavy atom. The van der Waals surface area contributed by atoms with Crippen LogP contribution in [0.3, 0.4) is 0 Å². The predicted octanol–water partition coefficient (Wildman–Crippen LogP) is 0.875. The third kappa shape index (κ3) is 1.74. The summed E-state index contributed by atoms with van der Waals surface area (Å²) < 4.78 is 23.3. The fourth-order valence-electron chi connectivity index (χ4n) is 1.79. The number of hydrogen-bond acceptors (Lipinski definition) is 4. The van der Waals surface area contributed by atoms with E-state index in [2.05, 4.69) is 4.74 Å². The van der Waals surface area contributed by atoms with Gasteiger partial charge in [0.05, 0.1) is 7.11 Å². The Labute approximate surface area is 92.1 Å². The number of rotatable bonds is 2. The Kier molecular flexibility index (Phi) is 2.78. The molecular formula is C11H12FNO3. The van der Waals surface area contributed by atoms with Gasteiger partial charge in [0.15, 0.2) is 0 Å². The van der Waals surface area contributed by atoms with Crippen LogP contribution in [0.4, 0.5) is 4.39 Å². The average Bonchev–Trinajstić information content (AvgIpc) is 2.69. The fraction of sp³-hybridized carbons (Fsp3) is 0.364. The first kappa shape index (κ1) is 10.9. The van der Waals surface area contributed by atoms with Gasteiger partial charge in [0.2, 0.25) is 0 Å². The molecule has 0 bridgehead atoms. The summed E-state index contributed by atoms with van der Waals surface area (Å²) >= 11 is 0. The number of hydrogen-bond donors (Lipinski definition) is 1. The largest absolute Gasteiger partial charge is 0.488 e. The molecule has 0 amide bonds. The Balaban J connectivity index is 2.45. The van der Waals surface area contributed by atoms with Crippen molar-refractivity contribution in [3.8, 4) is 5.75 Å². The molecule has 1 aromatic rings. The Morgan fingerprint density at radius 2 is 2.44 bits per heavy atom. The Morgan fingerprint density at radius 1 is 1.69 bits per heavy atom. The van der Waals surface area contributed by atoms with E-state index in [1.165, 1.54) is 13.2 Å². The maximum absolute atomic E-state index is 13.3. The lowest BCUT2D eigenvalue weighted by atomic mass is 10.1. The highest BCUT2D eigenvalue weighted by Crippen LogP contribution is 2.33. The first-order chi connectivity index (χ1) is 7.65. The van der Waals surface area contributed by atoms with E-state index < -0.39 is 11.8 Å². The topological polar surface area (TPSA) is 61.5 Å². The van der Waals surface area contributed by atoms with Crippen LogP contribution in [-0.4, -0.2) is 25.7 Å². The van der Waals surface area contributed by atoms with Crippen molar-refractivity contribution in [2.75, 3.05) is 13.7 Å². The minimum absolute atomic E-state index is 0.119. The molecule has 1 unspecified atom stereocenters. The van der Waals surface area contributed by atoms with Gasteiger partial charge in [-0.05, 0) is 12.1 Å². The molecule has 0 fully saturated rings. The van der Waals surface area contributed by atoms with Crippen LogP contribution in [0.5, 0.6) is 5.75 Å². The zero-order valence-corrected chi connectivity index (χ0v) is 8.83. The predicted molar refractivity (Wildman–Crippen MR) is 54.9 cm³/mol. The lowest BCUT2D eigenvalue weighted by molar-refractivity contribution is 0.0594. The molecule has 4 nitrogen and oxygen atoms in total. The molecule has 5 heteroatoms. The molecule has 0 saturated carbocycles. The monoisotopic (exact) mass is 225 g/mol. The molecule has 1 atom stereocenters. The minimum Gasteiger partial charge on any atom is -0.488 e. The average molecular weight is 225 g/mol. The molecule has 86 valence electrons. The second-order valence-corrected chi connectivity index (χ2v) is 3.61. The van der Waals surface area contributed by atoms with Gasteiger partial charge in [-0.1, -0.05) is 0 Å². The minimum atomic E-state index is -0.603. The summed E-state index contributed by atoms with van der Waals surface area (Å²) in [6.45, 7) is 0.330. The van der Waals surface area contributed by atoms with Crippen molar-refractivity contribution in [1.82, 2.24) is 0 Å². The smallest absolute Gasteiger partial charge is 0.341 e. The quantitative estimate of drug-likeness (QED) is 0.759. The van der Waals surface area contributed by atoms with Crippen LogP contribution in [0.25, 0.3) is 0 Å². The standard InChI is InChI=1S/C11H12FNO3/c1-15-11(14)9-4-7(12)2-6-3-8(5-13)16-10(6)9/h2,4,8H,3,5,13H2,1H3. The van der Waals surface area contributed by atoms with E-state index in [4.69, 9.17) is 10.5 Å². The summed E-state index contributed by atoms with van der Waals surface area (Å²) in [6.07, 6.45) is 0.327. The highest BCUT2D eigenvalue weighted by Gasteiger charge is 2.28. The fourth-order valence-corrected chi connectivity index (χ4v) is 1.79. The number of benzene rings is 1. The van der Waals surface area contributed by atoms with E-state index in [1.54, 1.807) is 0 Å². The van der Waals surface area contributed by atoms with Crippen LogP contribution < -0.4 is 10.5 Å². The van der Waals surface area contributed by atoms with Crippen LogP contribution in [0.2, 0.25) is 0 Å². The number of nitrogens with two attached hydrogens (primary N) is 1. The van der Waals surface area contributed by atoms with Crippen LogP contribution in [0.1, 0.15) is 15.9 Å². The summed E-state index contributed by atoms with van der Waals surface area (Å²) in [5.74, 6) is -0.683. The van der Waals surface area contributed by atoms with Gasteiger partial charge in [-0.2, -0.15) is 0 Å². The van der Waals surface area contributed by atoms with Crippen molar-refractivity contribution in [2.45, 2.75) is 12.5 Å². The molecule has 0 aromatic heterocycles. The molecule has 1 aromatic carbocycles. The van der Waals surface area contributed by atoms with Gasteiger partial charge < -0.3 is 15.2 Å². The van der Waals surface area contributed by atoms with Crippen molar-refractivity contribution in [3.63, 3.8) is 0 Å². The van der Waals surface area contributed by atoms with Gasteiger partial charge >= 0.3 is 5.97 Å². The zero-order chi connectivity index (χ0) is 11.7. The molecular weight excluding hydrogens is 213 g/mol. The Hall–Kier alpha value is -1.62. The van der Waals surface area contributed by atoms with E-state index in [0.29, 0.717) is 24.3 Å². The zero-order valence-electron chi connectivity index (χ0n) is 8.83. The van der Waals surface area contributed by atoms with E-state index in [1.807, 2.05) is 0 Å². The van der Waals surface area contributed by atoms with Gasteiger partial charge in [-0.25, -0.2) is 9.18 Å². The van der Waals surface area contributed by atoms with Crippen molar-refractivity contribution < 1.29 is 18.7 Å². The van der Waals surface area contributed by atoms with Gasteiger partial charge in [0.25, 0.3) is 0 Å².